The number of benzene rings is 3. The van der Waals surface area contributed by atoms with Crippen LogP contribution < -0.4 is 0 Å². The van der Waals surface area contributed by atoms with Crippen molar-refractivity contribution in [2.45, 2.75) is 0 Å². The molecule has 0 fully saturated rings. The van der Waals surface area contributed by atoms with E-state index >= 15 is 0 Å². The highest BCUT2D eigenvalue weighted by atomic mass is 32.1. The molecule has 0 saturated heterocycles. The molecule has 0 N–H and O–H groups in total. The van der Waals surface area contributed by atoms with Crippen LogP contribution in [-0.4, -0.2) is 8.75 Å². The molecule has 0 bridgehead atoms. The monoisotopic (exact) mass is 262 g/mol. The van der Waals surface area contributed by atoms with Crippen molar-refractivity contribution in [1.29, 1.82) is 0 Å². The zero-order valence-electron chi connectivity index (χ0n) is 10.1. The fraction of sp³-hybridized carbons (Fsp3) is 0. The molecule has 0 atom stereocenters. The molecule has 4 aromatic rings. The molecule has 0 radical (unpaired) electrons. The van der Waals surface area contributed by atoms with E-state index in [1.54, 1.807) is 0 Å². The van der Waals surface area contributed by atoms with E-state index in [0.29, 0.717) is 0 Å². The molecule has 0 saturated carbocycles. The van der Waals surface area contributed by atoms with Crippen LogP contribution in [0.1, 0.15) is 0 Å². The molecule has 0 aliphatic carbocycles. The molecule has 0 spiro atoms. The van der Waals surface area contributed by atoms with Crippen LogP contribution in [-0.2, 0) is 0 Å². The van der Waals surface area contributed by atoms with E-state index in [9.17, 15) is 0 Å². The molecular formula is C16H10N2S. The third-order valence-corrected chi connectivity index (χ3v) is 3.89. The normalized spacial score (nSPS) is 11.2. The van der Waals surface area contributed by atoms with Crippen molar-refractivity contribution in [3.63, 3.8) is 0 Å². The number of aromatic nitrogens is 2. The highest BCUT2D eigenvalue weighted by molar-refractivity contribution is 7.00. The second kappa shape index (κ2) is 4.14. The predicted molar refractivity (Wildman–Crippen MR) is 80.4 cm³/mol. The van der Waals surface area contributed by atoms with Gasteiger partial charge in [0.25, 0.3) is 0 Å². The Morgan fingerprint density at radius 1 is 0.737 bits per heavy atom. The largest absolute Gasteiger partial charge is 0.173 e. The summed E-state index contributed by atoms with van der Waals surface area (Å²) in [6, 6.07) is 21.1. The van der Waals surface area contributed by atoms with Crippen LogP contribution in [0.25, 0.3) is 32.9 Å². The highest BCUT2D eigenvalue weighted by Crippen LogP contribution is 2.29. The molecule has 4 rings (SSSR count). The van der Waals surface area contributed by atoms with Gasteiger partial charge in [-0.1, -0.05) is 48.5 Å². The van der Waals surface area contributed by atoms with E-state index in [1.807, 2.05) is 12.1 Å². The molecule has 19 heavy (non-hydrogen) atoms. The Hall–Kier alpha value is -2.26. The number of hydrogen-bond donors (Lipinski definition) is 0. The topological polar surface area (TPSA) is 25.8 Å². The predicted octanol–water partition coefficient (Wildman–Crippen LogP) is 4.51. The lowest BCUT2D eigenvalue weighted by Crippen LogP contribution is -1.81. The maximum Gasteiger partial charge on any atom is 0.112 e. The van der Waals surface area contributed by atoms with Gasteiger partial charge in [0.15, 0.2) is 0 Å². The maximum absolute atomic E-state index is 4.41. The number of fused-ring (bicyclic) bond motifs is 2. The Bertz CT molecular complexity index is 880. The first kappa shape index (κ1) is 10.6. The molecule has 0 aliphatic rings. The number of hydrogen-bond acceptors (Lipinski definition) is 3. The van der Waals surface area contributed by atoms with E-state index in [1.165, 1.54) is 28.1 Å². The van der Waals surface area contributed by atoms with Gasteiger partial charge in [-0.05, 0) is 28.5 Å². The van der Waals surface area contributed by atoms with Crippen molar-refractivity contribution < 1.29 is 0 Å². The Balaban J connectivity index is 2.01. The SMILES string of the molecule is c1ccc2cc(-c3cccc4nsnc34)ccc2c1. The lowest BCUT2D eigenvalue weighted by Gasteiger charge is -2.04. The molecule has 2 nitrogen and oxygen atoms in total. The van der Waals surface area contributed by atoms with Gasteiger partial charge in [0, 0.05) is 5.56 Å². The Kier molecular flexibility index (Phi) is 2.32. The van der Waals surface area contributed by atoms with Gasteiger partial charge in [0.1, 0.15) is 11.0 Å². The zero-order valence-corrected chi connectivity index (χ0v) is 10.9. The van der Waals surface area contributed by atoms with Gasteiger partial charge < -0.3 is 0 Å². The molecular weight excluding hydrogens is 252 g/mol. The van der Waals surface area contributed by atoms with Crippen LogP contribution in [0.2, 0.25) is 0 Å². The molecule has 1 aromatic heterocycles. The van der Waals surface area contributed by atoms with Crippen LogP contribution in [0, 0.1) is 0 Å². The lowest BCUT2D eigenvalue weighted by atomic mass is 10.0. The van der Waals surface area contributed by atoms with Crippen LogP contribution in [0.3, 0.4) is 0 Å². The summed E-state index contributed by atoms with van der Waals surface area (Å²) in [5.74, 6) is 0. The van der Waals surface area contributed by atoms with Crippen LogP contribution in [0.15, 0.2) is 60.7 Å². The lowest BCUT2D eigenvalue weighted by molar-refractivity contribution is 1.61. The molecule has 3 aromatic carbocycles. The van der Waals surface area contributed by atoms with E-state index in [4.69, 9.17) is 0 Å². The Labute approximate surface area is 114 Å². The minimum Gasteiger partial charge on any atom is -0.173 e. The van der Waals surface area contributed by atoms with E-state index in [0.717, 1.165) is 16.6 Å². The van der Waals surface area contributed by atoms with E-state index in [-0.39, 0.29) is 0 Å². The molecule has 0 unspecified atom stereocenters. The molecule has 0 aliphatic heterocycles. The summed E-state index contributed by atoms with van der Waals surface area (Å²) < 4.78 is 8.70. The van der Waals surface area contributed by atoms with Gasteiger partial charge in [-0.3, -0.25) is 0 Å². The molecule has 3 heteroatoms. The smallest absolute Gasteiger partial charge is 0.112 e. The van der Waals surface area contributed by atoms with E-state index in [2.05, 4.69) is 57.3 Å². The summed E-state index contributed by atoms with van der Waals surface area (Å²) in [4.78, 5) is 0. The Morgan fingerprint density at radius 2 is 1.63 bits per heavy atom. The minimum atomic E-state index is 0.968. The van der Waals surface area contributed by atoms with Gasteiger partial charge in [-0.2, -0.15) is 8.75 Å². The average molecular weight is 262 g/mol. The van der Waals surface area contributed by atoms with Gasteiger partial charge in [0.2, 0.25) is 0 Å². The molecule has 1 heterocycles. The van der Waals surface area contributed by atoms with Crippen molar-refractivity contribution in [2.75, 3.05) is 0 Å². The standard InChI is InChI=1S/C16H10N2S/c1-2-5-12-10-13(9-8-11(12)4-1)14-6-3-7-15-16(14)18-19-17-15/h1-10H. The van der Waals surface area contributed by atoms with Gasteiger partial charge in [-0.15, -0.1) is 0 Å². The summed E-state index contributed by atoms with van der Waals surface area (Å²) in [5, 5.41) is 2.51. The molecule has 0 amide bonds. The second-order valence-electron chi connectivity index (χ2n) is 4.50. The summed E-state index contributed by atoms with van der Waals surface area (Å²) in [6.07, 6.45) is 0. The minimum absolute atomic E-state index is 0.968. The number of nitrogens with zero attached hydrogens (tertiary/aromatic N) is 2. The molecule has 90 valence electrons. The van der Waals surface area contributed by atoms with Crippen LogP contribution in [0.5, 0.6) is 0 Å². The summed E-state index contributed by atoms with van der Waals surface area (Å²) in [7, 11) is 0. The summed E-state index contributed by atoms with van der Waals surface area (Å²) in [5.41, 5.74) is 4.30. The average Bonchev–Trinajstić information content (AvgIpc) is 2.95. The fourth-order valence-electron chi connectivity index (χ4n) is 2.40. The summed E-state index contributed by atoms with van der Waals surface area (Å²) >= 11 is 1.27. The van der Waals surface area contributed by atoms with Gasteiger partial charge in [-0.25, -0.2) is 0 Å². The van der Waals surface area contributed by atoms with Crippen molar-refractivity contribution in [3.8, 4) is 11.1 Å². The summed E-state index contributed by atoms with van der Waals surface area (Å²) in [6.45, 7) is 0. The second-order valence-corrected chi connectivity index (χ2v) is 5.03. The maximum atomic E-state index is 4.41. The first-order valence-corrected chi connectivity index (χ1v) is 6.85. The fourth-order valence-corrected chi connectivity index (χ4v) is 2.95. The van der Waals surface area contributed by atoms with Crippen LogP contribution >= 0.6 is 11.7 Å². The quantitative estimate of drug-likeness (QED) is 0.504. The van der Waals surface area contributed by atoms with Crippen LogP contribution in [0.4, 0.5) is 0 Å². The van der Waals surface area contributed by atoms with Gasteiger partial charge in [0.05, 0.1) is 11.7 Å². The number of rotatable bonds is 1. The van der Waals surface area contributed by atoms with Crippen molar-refractivity contribution in [3.05, 3.63) is 60.7 Å². The zero-order chi connectivity index (χ0) is 12.7. The first-order valence-electron chi connectivity index (χ1n) is 6.12. The van der Waals surface area contributed by atoms with E-state index < -0.39 is 0 Å². The highest BCUT2D eigenvalue weighted by Gasteiger charge is 2.07. The first-order chi connectivity index (χ1) is 9.42. The third-order valence-electron chi connectivity index (χ3n) is 3.35. The van der Waals surface area contributed by atoms with Crippen molar-refractivity contribution >= 4 is 33.5 Å². The van der Waals surface area contributed by atoms with Crippen molar-refractivity contribution in [2.24, 2.45) is 0 Å². The Morgan fingerprint density at radius 3 is 2.58 bits per heavy atom. The third kappa shape index (κ3) is 1.71. The van der Waals surface area contributed by atoms with Gasteiger partial charge >= 0.3 is 0 Å². The van der Waals surface area contributed by atoms with Crippen molar-refractivity contribution in [1.82, 2.24) is 8.75 Å².